The van der Waals surface area contributed by atoms with Gasteiger partial charge in [-0.25, -0.2) is 0 Å². The third-order valence-corrected chi connectivity index (χ3v) is 6.84. The largest absolute Gasteiger partial charge is 0.394 e. The predicted molar refractivity (Wildman–Crippen MR) is 141 cm³/mol. The highest BCUT2D eigenvalue weighted by Crippen LogP contribution is 2.28. The summed E-state index contributed by atoms with van der Waals surface area (Å²) in [6.07, 6.45) is 20.9. The maximum atomic E-state index is 9.94. The van der Waals surface area contributed by atoms with Gasteiger partial charge in [-0.2, -0.15) is 0 Å². The minimum atomic E-state index is -0.442. The fourth-order valence-corrected chi connectivity index (χ4v) is 4.64. The molecule has 0 aliphatic carbocycles. The van der Waals surface area contributed by atoms with E-state index in [0.29, 0.717) is 19.8 Å². The Morgan fingerprint density at radius 3 is 1.32 bits per heavy atom. The van der Waals surface area contributed by atoms with Crippen molar-refractivity contribution in [2.24, 2.45) is 0 Å². The van der Waals surface area contributed by atoms with Crippen LogP contribution in [0.4, 0.5) is 0 Å². The number of unbranched alkanes of at least 4 members (excludes halogenated alkanes) is 15. The Morgan fingerprint density at radius 1 is 0.500 bits per heavy atom. The number of aliphatic hydroxyl groups excluding tert-OH is 1. The molecule has 4 atom stereocenters. The second-order valence-corrected chi connectivity index (χ2v) is 10.1. The molecule has 1 N–H and O–H groups in total. The summed E-state index contributed by atoms with van der Waals surface area (Å²) >= 11 is 0. The molecule has 0 aromatic rings. The molecule has 1 aliphatic heterocycles. The molecule has 1 heterocycles. The molecule has 0 aromatic heterocycles. The maximum Gasteiger partial charge on any atom is 0.186 e. The van der Waals surface area contributed by atoms with Gasteiger partial charge in [0, 0.05) is 19.8 Å². The topological polar surface area (TPSA) is 57.2 Å². The van der Waals surface area contributed by atoms with Gasteiger partial charge in [-0.3, -0.25) is 0 Å². The summed E-state index contributed by atoms with van der Waals surface area (Å²) in [4.78, 5) is 0. The normalized spacial score (nSPS) is 22.6. The van der Waals surface area contributed by atoms with Crippen molar-refractivity contribution in [2.45, 2.75) is 161 Å². The van der Waals surface area contributed by atoms with E-state index in [1.165, 1.54) is 96.3 Å². The quantitative estimate of drug-likeness (QED) is 0.135. The Bertz CT molecular complexity index is 419. The first-order chi connectivity index (χ1) is 16.8. The molecule has 1 aliphatic rings. The second-order valence-electron chi connectivity index (χ2n) is 10.1. The number of hydrogen-bond acceptors (Lipinski definition) is 5. The van der Waals surface area contributed by atoms with Crippen molar-refractivity contribution in [3.63, 3.8) is 0 Å². The minimum Gasteiger partial charge on any atom is -0.394 e. The Balaban J connectivity index is 2.46. The van der Waals surface area contributed by atoms with E-state index in [9.17, 15) is 5.11 Å². The molecular formula is C29H58O5. The Hall–Kier alpha value is -0.200. The number of rotatable bonds is 25. The van der Waals surface area contributed by atoms with Crippen molar-refractivity contribution in [1.82, 2.24) is 0 Å². The number of ether oxygens (including phenoxy) is 4. The van der Waals surface area contributed by atoms with Gasteiger partial charge in [0.05, 0.1) is 6.61 Å². The number of aliphatic hydroxyl groups is 1. The zero-order chi connectivity index (χ0) is 24.7. The van der Waals surface area contributed by atoms with Crippen LogP contribution in [0.5, 0.6) is 0 Å². The summed E-state index contributed by atoms with van der Waals surface area (Å²) in [5, 5.41) is 9.94. The second kappa shape index (κ2) is 23.2. The first-order valence-electron chi connectivity index (χ1n) is 14.9. The van der Waals surface area contributed by atoms with Crippen LogP contribution >= 0.6 is 0 Å². The molecule has 0 radical (unpaired) electrons. The molecule has 0 spiro atoms. The lowest BCUT2D eigenvalue weighted by atomic mass is 10.1. The smallest absolute Gasteiger partial charge is 0.186 e. The van der Waals surface area contributed by atoms with Gasteiger partial charge in [0.1, 0.15) is 18.3 Å². The van der Waals surface area contributed by atoms with E-state index in [4.69, 9.17) is 18.9 Å². The van der Waals surface area contributed by atoms with Crippen molar-refractivity contribution < 1.29 is 24.1 Å². The van der Waals surface area contributed by atoms with Crippen LogP contribution in [0.2, 0.25) is 0 Å². The van der Waals surface area contributed by atoms with Crippen LogP contribution in [0.3, 0.4) is 0 Å². The molecule has 0 amide bonds. The third kappa shape index (κ3) is 15.0. The summed E-state index contributed by atoms with van der Waals surface area (Å²) in [5.74, 6) is 0. The fraction of sp³-hybridized carbons (Fsp3) is 1.00. The van der Waals surface area contributed by atoms with Gasteiger partial charge < -0.3 is 24.1 Å². The van der Waals surface area contributed by atoms with Gasteiger partial charge in [-0.15, -0.1) is 0 Å². The van der Waals surface area contributed by atoms with Crippen molar-refractivity contribution in [2.75, 3.05) is 26.4 Å². The van der Waals surface area contributed by atoms with Crippen LogP contribution in [0.25, 0.3) is 0 Å². The molecule has 4 unspecified atom stereocenters. The summed E-state index contributed by atoms with van der Waals surface area (Å²) in [6, 6.07) is 0. The van der Waals surface area contributed by atoms with E-state index >= 15 is 0 Å². The van der Waals surface area contributed by atoms with Crippen molar-refractivity contribution in [1.29, 1.82) is 0 Å². The molecule has 0 aromatic carbocycles. The van der Waals surface area contributed by atoms with E-state index in [2.05, 4.69) is 20.8 Å². The molecule has 1 rings (SSSR count). The van der Waals surface area contributed by atoms with Crippen molar-refractivity contribution in [3.8, 4) is 0 Å². The molecule has 0 bridgehead atoms. The highest BCUT2D eigenvalue weighted by Gasteiger charge is 2.46. The first kappa shape index (κ1) is 31.8. The van der Waals surface area contributed by atoms with Crippen LogP contribution in [-0.2, 0) is 18.9 Å². The molecule has 1 saturated heterocycles. The first-order valence-corrected chi connectivity index (χ1v) is 14.9. The lowest BCUT2D eigenvalue weighted by molar-refractivity contribution is -0.181. The standard InChI is InChI=1S/C29H58O5/c1-4-7-10-13-16-19-22-31-27-26(25-30)34-29(33-24-21-18-15-12-9-6-3)28(27)32-23-20-17-14-11-8-5-2/h26-30H,4-25H2,1-3H3. The van der Waals surface area contributed by atoms with Crippen LogP contribution in [-0.4, -0.2) is 56.1 Å². The van der Waals surface area contributed by atoms with E-state index in [1.807, 2.05) is 0 Å². The number of hydrogen-bond donors (Lipinski definition) is 1. The summed E-state index contributed by atoms with van der Waals surface area (Å²) in [6.45, 7) is 8.75. The van der Waals surface area contributed by atoms with Crippen molar-refractivity contribution in [3.05, 3.63) is 0 Å². The van der Waals surface area contributed by atoms with Gasteiger partial charge in [-0.05, 0) is 19.3 Å². The predicted octanol–water partition coefficient (Wildman–Crippen LogP) is 7.57. The average Bonchev–Trinajstić information content (AvgIpc) is 3.18. The van der Waals surface area contributed by atoms with Crippen LogP contribution < -0.4 is 0 Å². The lowest BCUT2D eigenvalue weighted by Crippen LogP contribution is -2.40. The van der Waals surface area contributed by atoms with Crippen LogP contribution in [0, 0.1) is 0 Å². The van der Waals surface area contributed by atoms with Crippen LogP contribution in [0.15, 0.2) is 0 Å². The zero-order valence-corrected chi connectivity index (χ0v) is 22.9. The third-order valence-electron chi connectivity index (χ3n) is 6.84. The molecule has 34 heavy (non-hydrogen) atoms. The monoisotopic (exact) mass is 486 g/mol. The van der Waals surface area contributed by atoms with Gasteiger partial charge in [0.2, 0.25) is 0 Å². The van der Waals surface area contributed by atoms with Gasteiger partial charge in [0.25, 0.3) is 0 Å². The SMILES string of the molecule is CCCCCCCCOC1OC(CO)C(OCCCCCCCC)C1OCCCCCCCC. The molecular weight excluding hydrogens is 428 g/mol. The highest BCUT2D eigenvalue weighted by atomic mass is 16.7. The summed E-state index contributed by atoms with van der Waals surface area (Å²) in [7, 11) is 0. The molecule has 5 heteroatoms. The molecule has 0 saturated carbocycles. The van der Waals surface area contributed by atoms with E-state index in [1.54, 1.807) is 0 Å². The molecule has 204 valence electrons. The maximum absolute atomic E-state index is 9.94. The minimum absolute atomic E-state index is 0.0606. The van der Waals surface area contributed by atoms with Crippen molar-refractivity contribution >= 4 is 0 Å². The Morgan fingerprint density at radius 2 is 0.882 bits per heavy atom. The average molecular weight is 487 g/mol. The molecule has 5 nitrogen and oxygen atoms in total. The zero-order valence-electron chi connectivity index (χ0n) is 22.9. The van der Waals surface area contributed by atoms with E-state index in [0.717, 1.165) is 19.3 Å². The van der Waals surface area contributed by atoms with Gasteiger partial charge >= 0.3 is 0 Å². The lowest BCUT2D eigenvalue weighted by Gasteiger charge is -2.24. The Labute approximate surface area is 211 Å². The van der Waals surface area contributed by atoms with E-state index < -0.39 is 6.29 Å². The fourth-order valence-electron chi connectivity index (χ4n) is 4.64. The highest BCUT2D eigenvalue weighted by molar-refractivity contribution is 4.89. The van der Waals surface area contributed by atoms with E-state index in [-0.39, 0.29) is 24.9 Å². The van der Waals surface area contributed by atoms with Gasteiger partial charge in [0.15, 0.2) is 6.29 Å². The van der Waals surface area contributed by atoms with Crippen LogP contribution in [0.1, 0.15) is 136 Å². The van der Waals surface area contributed by atoms with Gasteiger partial charge in [-0.1, -0.05) is 117 Å². The Kier molecular flexibility index (Phi) is 21.7. The summed E-state index contributed by atoms with van der Waals surface area (Å²) < 4.78 is 24.8. The molecule has 1 fully saturated rings. The summed E-state index contributed by atoms with van der Waals surface area (Å²) in [5.41, 5.74) is 0.